The highest BCUT2D eigenvalue weighted by Gasteiger charge is 2.23. The summed E-state index contributed by atoms with van der Waals surface area (Å²) in [4.78, 5) is 12.2. The van der Waals surface area contributed by atoms with Crippen molar-refractivity contribution in [2.24, 2.45) is 0 Å². The van der Waals surface area contributed by atoms with Gasteiger partial charge in [0.15, 0.2) is 0 Å². The number of rotatable bonds is 3. The molecule has 4 heteroatoms. The van der Waals surface area contributed by atoms with Gasteiger partial charge in [-0.05, 0) is 36.1 Å². The van der Waals surface area contributed by atoms with Crippen LogP contribution >= 0.6 is 0 Å². The lowest BCUT2D eigenvalue weighted by atomic mass is 10.1. The van der Waals surface area contributed by atoms with Crippen LogP contribution in [-0.4, -0.2) is 13.1 Å². The lowest BCUT2D eigenvalue weighted by Gasteiger charge is -2.16. The molecule has 0 saturated carbocycles. The molecule has 1 aliphatic rings. The molecule has 0 radical (unpaired) electrons. The van der Waals surface area contributed by atoms with E-state index in [-0.39, 0.29) is 12.1 Å². The molecule has 2 aromatic carbocycles. The Morgan fingerprint density at radius 2 is 1.90 bits per heavy atom. The van der Waals surface area contributed by atoms with E-state index < -0.39 is 0 Å². The smallest absolute Gasteiger partial charge is 0.319 e. The van der Waals surface area contributed by atoms with Crippen LogP contribution in [-0.2, 0) is 6.42 Å². The fourth-order valence-corrected chi connectivity index (χ4v) is 2.77. The Morgan fingerprint density at radius 3 is 2.76 bits per heavy atom. The predicted octanol–water partition coefficient (Wildman–Crippen LogP) is 3.50. The third-order valence-electron chi connectivity index (χ3n) is 3.79. The molecule has 0 saturated heterocycles. The van der Waals surface area contributed by atoms with E-state index in [2.05, 4.69) is 22.8 Å². The minimum atomic E-state index is -0.207. The van der Waals surface area contributed by atoms with Crippen LogP contribution in [0.3, 0.4) is 0 Å². The zero-order valence-electron chi connectivity index (χ0n) is 11.9. The Bertz CT molecular complexity index is 655. The average molecular weight is 282 g/mol. The molecule has 1 aliphatic carbocycles. The standard InChI is InChI=1S/C17H18N2O2/c1-21-16-9-5-4-8-15(16)19-17(20)18-14-11-10-12-6-2-3-7-13(12)14/h2-9,14H,10-11H2,1H3,(H2,18,19,20). The number of carbonyl (C=O) groups excluding carboxylic acids is 1. The van der Waals surface area contributed by atoms with E-state index in [1.54, 1.807) is 7.11 Å². The Hall–Kier alpha value is -2.49. The molecule has 0 heterocycles. The van der Waals surface area contributed by atoms with Crippen molar-refractivity contribution in [2.75, 3.05) is 12.4 Å². The normalized spacial score (nSPS) is 16.1. The summed E-state index contributed by atoms with van der Waals surface area (Å²) in [6.07, 6.45) is 1.95. The van der Waals surface area contributed by atoms with Crippen molar-refractivity contribution < 1.29 is 9.53 Å². The van der Waals surface area contributed by atoms with Crippen LogP contribution in [0.4, 0.5) is 10.5 Å². The van der Waals surface area contributed by atoms with Crippen LogP contribution in [0.5, 0.6) is 5.75 Å². The third-order valence-corrected chi connectivity index (χ3v) is 3.79. The van der Waals surface area contributed by atoms with Crippen molar-refractivity contribution in [3.05, 3.63) is 59.7 Å². The number of methoxy groups -OCH3 is 1. The van der Waals surface area contributed by atoms with Gasteiger partial charge in [0.2, 0.25) is 0 Å². The number of fused-ring (bicyclic) bond motifs is 1. The molecule has 0 aromatic heterocycles. The summed E-state index contributed by atoms with van der Waals surface area (Å²) >= 11 is 0. The van der Waals surface area contributed by atoms with Gasteiger partial charge in [0.25, 0.3) is 0 Å². The number of anilines is 1. The van der Waals surface area contributed by atoms with Crippen LogP contribution in [0.15, 0.2) is 48.5 Å². The molecule has 1 atom stereocenters. The van der Waals surface area contributed by atoms with Crippen LogP contribution in [0.1, 0.15) is 23.6 Å². The topological polar surface area (TPSA) is 50.4 Å². The van der Waals surface area contributed by atoms with Gasteiger partial charge in [-0.3, -0.25) is 0 Å². The second-order valence-corrected chi connectivity index (χ2v) is 5.09. The lowest BCUT2D eigenvalue weighted by molar-refractivity contribution is 0.248. The predicted molar refractivity (Wildman–Crippen MR) is 82.7 cm³/mol. The maximum absolute atomic E-state index is 12.2. The summed E-state index contributed by atoms with van der Waals surface area (Å²) in [5.41, 5.74) is 3.21. The van der Waals surface area contributed by atoms with E-state index in [1.165, 1.54) is 11.1 Å². The Labute approximate surface area is 124 Å². The number of hydrogen-bond acceptors (Lipinski definition) is 2. The Kier molecular flexibility index (Phi) is 3.77. The molecule has 3 rings (SSSR count). The van der Waals surface area contributed by atoms with Crippen molar-refractivity contribution in [3.63, 3.8) is 0 Å². The zero-order chi connectivity index (χ0) is 14.7. The molecule has 0 bridgehead atoms. The second kappa shape index (κ2) is 5.87. The van der Waals surface area contributed by atoms with Crippen molar-refractivity contribution in [1.29, 1.82) is 0 Å². The van der Waals surface area contributed by atoms with Crippen LogP contribution in [0, 0.1) is 0 Å². The van der Waals surface area contributed by atoms with Crippen molar-refractivity contribution in [3.8, 4) is 5.75 Å². The number of urea groups is 1. The zero-order valence-corrected chi connectivity index (χ0v) is 11.9. The Balaban J connectivity index is 1.68. The van der Waals surface area contributed by atoms with Crippen LogP contribution in [0.2, 0.25) is 0 Å². The number of hydrogen-bond donors (Lipinski definition) is 2. The number of benzene rings is 2. The van der Waals surface area contributed by atoms with Gasteiger partial charge >= 0.3 is 6.03 Å². The molecule has 108 valence electrons. The van der Waals surface area contributed by atoms with Crippen molar-refractivity contribution in [2.45, 2.75) is 18.9 Å². The quantitative estimate of drug-likeness (QED) is 0.905. The summed E-state index contributed by atoms with van der Waals surface area (Å²) in [6, 6.07) is 15.5. The van der Waals surface area contributed by atoms with Crippen LogP contribution in [0.25, 0.3) is 0 Å². The van der Waals surface area contributed by atoms with Gasteiger partial charge in [0.05, 0.1) is 18.8 Å². The molecule has 21 heavy (non-hydrogen) atoms. The first-order valence-electron chi connectivity index (χ1n) is 7.06. The molecule has 1 unspecified atom stereocenters. The SMILES string of the molecule is COc1ccccc1NC(=O)NC1CCc2ccccc21. The first-order valence-corrected chi connectivity index (χ1v) is 7.06. The van der Waals surface area contributed by atoms with Crippen molar-refractivity contribution in [1.82, 2.24) is 5.32 Å². The fourth-order valence-electron chi connectivity index (χ4n) is 2.77. The molecule has 2 N–H and O–H groups in total. The number of ether oxygens (including phenoxy) is 1. The average Bonchev–Trinajstić information content (AvgIpc) is 2.91. The molecule has 2 amide bonds. The largest absolute Gasteiger partial charge is 0.495 e. The third kappa shape index (κ3) is 2.84. The summed E-state index contributed by atoms with van der Waals surface area (Å²) < 4.78 is 5.23. The maximum atomic E-state index is 12.2. The van der Waals surface area contributed by atoms with Gasteiger partial charge in [-0.2, -0.15) is 0 Å². The molecule has 2 aromatic rings. The Morgan fingerprint density at radius 1 is 1.14 bits per heavy atom. The van der Waals surface area contributed by atoms with Gasteiger partial charge < -0.3 is 15.4 Å². The molecular weight excluding hydrogens is 264 g/mol. The molecule has 0 spiro atoms. The number of aryl methyl sites for hydroxylation is 1. The summed E-state index contributed by atoms with van der Waals surface area (Å²) in [7, 11) is 1.59. The highest BCUT2D eigenvalue weighted by molar-refractivity contribution is 5.91. The van der Waals surface area contributed by atoms with Gasteiger partial charge in [0, 0.05) is 0 Å². The lowest BCUT2D eigenvalue weighted by Crippen LogP contribution is -2.31. The molecule has 4 nitrogen and oxygen atoms in total. The van der Waals surface area contributed by atoms with Gasteiger partial charge in [-0.25, -0.2) is 4.79 Å². The van der Waals surface area contributed by atoms with Crippen LogP contribution < -0.4 is 15.4 Å². The van der Waals surface area contributed by atoms with Gasteiger partial charge in [-0.1, -0.05) is 36.4 Å². The van der Waals surface area contributed by atoms with Gasteiger partial charge in [0.1, 0.15) is 5.75 Å². The minimum absolute atomic E-state index is 0.0795. The monoisotopic (exact) mass is 282 g/mol. The highest BCUT2D eigenvalue weighted by atomic mass is 16.5. The summed E-state index contributed by atoms with van der Waals surface area (Å²) in [6.45, 7) is 0. The van der Waals surface area contributed by atoms with E-state index in [0.717, 1.165) is 12.8 Å². The molecule has 0 aliphatic heterocycles. The maximum Gasteiger partial charge on any atom is 0.319 e. The highest BCUT2D eigenvalue weighted by Crippen LogP contribution is 2.31. The molecular formula is C17H18N2O2. The fraction of sp³-hybridized carbons (Fsp3) is 0.235. The van der Waals surface area contributed by atoms with E-state index in [0.29, 0.717) is 11.4 Å². The van der Waals surface area contributed by atoms with Gasteiger partial charge in [-0.15, -0.1) is 0 Å². The first kappa shape index (κ1) is 13.5. The first-order chi connectivity index (χ1) is 10.3. The van der Waals surface area contributed by atoms with E-state index >= 15 is 0 Å². The van der Waals surface area contributed by atoms with E-state index in [4.69, 9.17) is 4.74 Å². The number of para-hydroxylation sites is 2. The van der Waals surface area contributed by atoms with E-state index in [1.807, 2.05) is 36.4 Å². The second-order valence-electron chi connectivity index (χ2n) is 5.09. The summed E-state index contributed by atoms with van der Waals surface area (Å²) in [5.74, 6) is 0.652. The molecule has 0 fully saturated rings. The summed E-state index contributed by atoms with van der Waals surface area (Å²) in [5, 5.41) is 5.87. The minimum Gasteiger partial charge on any atom is -0.495 e. The number of amides is 2. The van der Waals surface area contributed by atoms with E-state index in [9.17, 15) is 4.79 Å². The number of carbonyl (C=O) groups is 1. The number of nitrogens with one attached hydrogen (secondary N) is 2. The van der Waals surface area contributed by atoms with Crippen molar-refractivity contribution >= 4 is 11.7 Å².